The molecule has 1 aliphatic rings. The zero-order valence-electron chi connectivity index (χ0n) is 13.1. The molecule has 0 aliphatic heterocycles. The second-order valence-electron chi connectivity index (χ2n) is 5.64. The molecule has 1 heterocycles. The maximum Gasteiger partial charge on any atom is 0.167 e. The van der Waals surface area contributed by atoms with Gasteiger partial charge in [-0.1, -0.05) is 0 Å². The van der Waals surface area contributed by atoms with Gasteiger partial charge in [0.1, 0.15) is 0 Å². The van der Waals surface area contributed by atoms with Gasteiger partial charge in [0, 0.05) is 23.9 Å². The first-order valence-corrected chi connectivity index (χ1v) is 7.32. The van der Waals surface area contributed by atoms with Gasteiger partial charge >= 0.3 is 0 Å². The Kier molecular flexibility index (Phi) is 3.84. The standard InChI is InChI=1S/C18H19NO3/c1-11-10-19-5-4-12(11)6-14-7-13-8-16(21-2)17(22-3)9-15(13)18(14)20/h4-5,8-10,14H,6-7H2,1-3H3. The first-order chi connectivity index (χ1) is 10.6. The predicted octanol–water partition coefficient (Wildman–Crippen LogP) is 3.00. The Bertz CT molecular complexity index is 724. The lowest BCUT2D eigenvalue weighted by atomic mass is 9.94. The fraction of sp³-hybridized carbons (Fsp3) is 0.333. The second-order valence-corrected chi connectivity index (χ2v) is 5.64. The fourth-order valence-corrected chi connectivity index (χ4v) is 3.06. The molecule has 0 saturated carbocycles. The molecule has 1 aliphatic carbocycles. The summed E-state index contributed by atoms with van der Waals surface area (Å²) < 4.78 is 10.6. The lowest BCUT2D eigenvalue weighted by Crippen LogP contribution is -2.13. The summed E-state index contributed by atoms with van der Waals surface area (Å²) in [6.45, 7) is 2.03. The Morgan fingerprint density at radius 2 is 1.95 bits per heavy atom. The molecular weight excluding hydrogens is 278 g/mol. The van der Waals surface area contributed by atoms with E-state index in [1.54, 1.807) is 26.5 Å². The van der Waals surface area contributed by atoms with Crippen LogP contribution in [0.1, 0.15) is 27.0 Å². The summed E-state index contributed by atoms with van der Waals surface area (Å²) in [5.74, 6) is 1.45. The van der Waals surface area contributed by atoms with Gasteiger partial charge in [-0.3, -0.25) is 9.78 Å². The number of pyridine rings is 1. The van der Waals surface area contributed by atoms with E-state index >= 15 is 0 Å². The van der Waals surface area contributed by atoms with E-state index in [0.29, 0.717) is 11.5 Å². The number of aromatic nitrogens is 1. The highest BCUT2D eigenvalue weighted by molar-refractivity contribution is 6.03. The number of rotatable bonds is 4. The first kappa shape index (κ1) is 14.6. The van der Waals surface area contributed by atoms with E-state index in [2.05, 4.69) is 4.98 Å². The molecule has 22 heavy (non-hydrogen) atoms. The molecule has 4 heteroatoms. The number of nitrogens with zero attached hydrogens (tertiary/aromatic N) is 1. The lowest BCUT2D eigenvalue weighted by molar-refractivity contribution is 0.0936. The van der Waals surface area contributed by atoms with Crippen LogP contribution in [0.15, 0.2) is 30.6 Å². The topological polar surface area (TPSA) is 48.4 Å². The third-order valence-corrected chi connectivity index (χ3v) is 4.31. The normalized spacial score (nSPS) is 16.5. The van der Waals surface area contributed by atoms with Gasteiger partial charge in [-0.25, -0.2) is 0 Å². The van der Waals surface area contributed by atoms with E-state index in [4.69, 9.17) is 9.47 Å². The van der Waals surface area contributed by atoms with Crippen molar-refractivity contribution in [2.75, 3.05) is 14.2 Å². The maximum atomic E-state index is 12.7. The van der Waals surface area contributed by atoms with Crippen LogP contribution in [0.3, 0.4) is 0 Å². The van der Waals surface area contributed by atoms with Gasteiger partial charge < -0.3 is 9.47 Å². The average Bonchev–Trinajstić information content (AvgIpc) is 2.84. The number of carbonyl (C=O) groups excluding carboxylic acids is 1. The number of hydrogen-bond acceptors (Lipinski definition) is 4. The highest BCUT2D eigenvalue weighted by Gasteiger charge is 2.32. The van der Waals surface area contributed by atoms with E-state index in [0.717, 1.165) is 29.5 Å². The Balaban J connectivity index is 1.89. The van der Waals surface area contributed by atoms with Crippen molar-refractivity contribution in [2.45, 2.75) is 19.8 Å². The van der Waals surface area contributed by atoms with E-state index in [-0.39, 0.29) is 11.7 Å². The summed E-state index contributed by atoms with van der Waals surface area (Å²) in [5, 5.41) is 0. The van der Waals surface area contributed by atoms with Crippen molar-refractivity contribution in [1.82, 2.24) is 4.98 Å². The smallest absolute Gasteiger partial charge is 0.167 e. The third kappa shape index (κ3) is 2.45. The first-order valence-electron chi connectivity index (χ1n) is 7.32. The zero-order valence-corrected chi connectivity index (χ0v) is 13.1. The molecule has 1 aromatic carbocycles. The molecule has 114 valence electrons. The number of benzene rings is 1. The summed E-state index contributed by atoms with van der Waals surface area (Å²) in [6, 6.07) is 5.72. The van der Waals surface area contributed by atoms with Gasteiger partial charge in [0.15, 0.2) is 17.3 Å². The molecule has 0 spiro atoms. The minimum Gasteiger partial charge on any atom is -0.493 e. The second kappa shape index (κ2) is 5.79. The Labute approximate surface area is 130 Å². The molecule has 0 fully saturated rings. The van der Waals surface area contributed by atoms with Gasteiger partial charge in [0.05, 0.1) is 14.2 Å². The monoisotopic (exact) mass is 297 g/mol. The minimum absolute atomic E-state index is 0.0205. The van der Waals surface area contributed by atoms with Crippen molar-refractivity contribution >= 4 is 5.78 Å². The molecular formula is C18H19NO3. The van der Waals surface area contributed by atoms with E-state index < -0.39 is 0 Å². The summed E-state index contributed by atoms with van der Waals surface area (Å²) >= 11 is 0. The number of aryl methyl sites for hydroxylation is 1. The Hall–Kier alpha value is -2.36. The largest absolute Gasteiger partial charge is 0.493 e. The zero-order chi connectivity index (χ0) is 15.7. The number of carbonyl (C=O) groups is 1. The fourth-order valence-electron chi connectivity index (χ4n) is 3.06. The van der Waals surface area contributed by atoms with Crippen LogP contribution in [0.5, 0.6) is 11.5 Å². The number of hydrogen-bond donors (Lipinski definition) is 0. The van der Waals surface area contributed by atoms with E-state index in [1.165, 1.54) is 5.56 Å². The van der Waals surface area contributed by atoms with Crippen molar-refractivity contribution in [1.29, 1.82) is 0 Å². The van der Waals surface area contributed by atoms with Gasteiger partial charge in [0.2, 0.25) is 0 Å². The number of Topliss-reactive ketones (excluding diaryl/α,β-unsaturated/α-hetero) is 1. The molecule has 0 bridgehead atoms. The Morgan fingerprint density at radius 1 is 1.23 bits per heavy atom. The van der Waals surface area contributed by atoms with Crippen molar-refractivity contribution in [3.8, 4) is 11.5 Å². The number of ketones is 1. The molecule has 1 unspecified atom stereocenters. The molecule has 3 rings (SSSR count). The quantitative estimate of drug-likeness (QED) is 0.870. The Morgan fingerprint density at radius 3 is 2.64 bits per heavy atom. The van der Waals surface area contributed by atoms with Crippen LogP contribution in [-0.4, -0.2) is 25.0 Å². The third-order valence-electron chi connectivity index (χ3n) is 4.31. The molecule has 0 N–H and O–H groups in total. The van der Waals surface area contributed by atoms with Crippen LogP contribution in [0.4, 0.5) is 0 Å². The molecule has 1 aromatic heterocycles. The molecule has 1 atom stereocenters. The van der Waals surface area contributed by atoms with Crippen molar-refractivity contribution in [3.05, 3.63) is 52.8 Å². The molecule has 0 radical (unpaired) electrons. The number of methoxy groups -OCH3 is 2. The van der Waals surface area contributed by atoms with Gasteiger partial charge in [-0.05, 0) is 54.7 Å². The summed E-state index contributed by atoms with van der Waals surface area (Å²) in [5.41, 5.74) is 4.11. The molecule has 0 saturated heterocycles. The highest BCUT2D eigenvalue weighted by atomic mass is 16.5. The molecule has 2 aromatic rings. The van der Waals surface area contributed by atoms with Crippen molar-refractivity contribution in [2.24, 2.45) is 5.92 Å². The number of fused-ring (bicyclic) bond motifs is 1. The average molecular weight is 297 g/mol. The minimum atomic E-state index is -0.0205. The van der Waals surface area contributed by atoms with Gasteiger partial charge in [-0.2, -0.15) is 0 Å². The maximum absolute atomic E-state index is 12.7. The van der Waals surface area contributed by atoms with E-state index in [9.17, 15) is 4.79 Å². The van der Waals surface area contributed by atoms with Crippen molar-refractivity contribution in [3.63, 3.8) is 0 Å². The van der Waals surface area contributed by atoms with Gasteiger partial charge in [-0.15, -0.1) is 0 Å². The van der Waals surface area contributed by atoms with Crippen LogP contribution in [-0.2, 0) is 12.8 Å². The van der Waals surface area contributed by atoms with E-state index in [1.807, 2.05) is 25.3 Å². The predicted molar refractivity (Wildman–Crippen MR) is 83.7 cm³/mol. The summed E-state index contributed by atoms with van der Waals surface area (Å²) in [6.07, 6.45) is 5.11. The summed E-state index contributed by atoms with van der Waals surface area (Å²) in [4.78, 5) is 16.8. The van der Waals surface area contributed by atoms with Gasteiger partial charge in [0.25, 0.3) is 0 Å². The van der Waals surface area contributed by atoms with Crippen LogP contribution >= 0.6 is 0 Å². The van der Waals surface area contributed by atoms with Crippen LogP contribution in [0.25, 0.3) is 0 Å². The van der Waals surface area contributed by atoms with Crippen LogP contribution in [0.2, 0.25) is 0 Å². The van der Waals surface area contributed by atoms with Crippen molar-refractivity contribution < 1.29 is 14.3 Å². The molecule has 0 amide bonds. The lowest BCUT2D eigenvalue weighted by Gasteiger charge is -2.09. The van der Waals surface area contributed by atoms with Crippen LogP contribution < -0.4 is 9.47 Å². The molecule has 4 nitrogen and oxygen atoms in total. The van der Waals surface area contributed by atoms with Crippen LogP contribution in [0, 0.1) is 12.8 Å². The summed E-state index contributed by atoms with van der Waals surface area (Å²) in [7, 11) is 3.19. The SMILES string of the molecule is COc1cc2c(cc1OC)C(=O)C(Cc1ccncc1C)C2. The highest BCUT2D eigenvalue weighted by Crippen LogP contribution is 2.37. The number of ether oxygens (including phenoxy) is 2.